The van der Waals surface area contributed by atoms with Crippen LogP contribution >= 0.6 is 10.7 Å². The van der Waals surface area contributed by atoms with Gasteiger partial charge in [-0.15, -0.1) is 0 Å². The van der Waals surface area contributed by atoms with Crippen LogP contribution < -0.4 is 10.2 Å². The van der Waals surface area contributed by atoms with Crippen molar-refractivity contribution in [1.29, 1.82) is 0 Å². The van der Waals surface area contributed by atoms with E-state index >= 15 is 0 Å². The van der Waals surface area contributed by atoms with E-state index in [4.69, 9.17) is 20.2 Å². The molecule has 13 heteroatoms. The van der Waals surface area contributed by atoms with Gasteiger partial charge < -0.3 is 14.8 Å². The van der Waals surface area contributed by atoms with E-state index in [-0.39, 0.29) is 16.3 Å². The monoisotopic (exact) mass is 649 g/mol. The zero-order valence-corrected chi connectivity index (χ0v) is 27.4. The summed E-state index contributed by atoms with van der Waals surface area (Å²) in [5.74, 6) is 6.43. The molecule has 0 spiro atoms. The molecule has 45 heavy (non-hydrogen) atoms. The van der Waals surface area contributed by atoms with Crippen molar-refractivity contribution in [2.45, 2.75) is 64.6 Å². The quantitative estimate of drug-likeness (QED) is 0.180. The van der Waals surface area contributed by atoms with Gasteiger partial charge in [-0.05, 0) is 102 Å². The molecule has 0 aliphatic rings. The van der Waals surface area contributed by atoms with Gasteiger partial charge in [0.25, 0.3) is 9.05 Å². The predicted molar refractivity (Wildman–Crippen MR) is 172 cm³/mol. The smallest absolute Gasteiger partial charge is 0.425 e. The molecular formula is C32H32ClN5O6S. The minimum absolute atomic E-state index is 0.00729. The number of fused-ring (bicyclic) bond motifs is 1. The fourth-order valence-corrected chi connectivity index (χ4v) is 4.80. The number of hydrogen-bond acceptors (Lipinski definition) is 10. The number of nitrogens with one attached hydrogen (secondary N) is 1. The predicted octanol–water partition coefficient (Wildman–Crippen LogP) is 7.08. The zero-order chi connectivity index (χ0) is 33.2. The molecular weight excluding hydrogens is 618 g/mol. The van der Waals surface area contributed by atoms with Gasteiger partial charge in [-0.3, -0.25) is 0 Å². The molecule has 3 aromatic heterocycles. The molecule has 0 fully saturated rings. The number of pyridine rings is 3. The molecule has 0 saturated carbocycles. The number of carbonyl (C=O) groups is 2. The van der Waals surface area contributed by atoms with Crippen molar-refractivity contribution < 1.29 is 27.5 Å². The summed E-state index contributed by atoms with van der Waals surface area (Å²) < 4.78 is 34.4. The second-order valence-electron chi connectivity index (χ2n) is 11.9. The lowest BCUT2D eigenvalue weighted by Crippen LogP contribution is -2.44. The van der Waals surface area contributed by atoms with E-state index in [1.807, 2.05) is 0 Å². The van der Waals surface area contributed by atoms with E-state index in [0.29, 0.717) is 28.1 Å². The van der Waals surface area contributed by atoms with Crippen molar-refractivity contribution in [2.75, 3.05) is 10.2 Å². The van der Waals surface area contributed by atoms with E-state index in [2.05, 4.69) is 32.1 Å². The Balaban J connectivity index is 1.74. The van der Waals surface area contributed by atoms with Crippen molar-refractivity contribution in [3.63, 3.8) is 0 Å². The second kappa shape index (κ2) is 12.7. The molecule has 0 bridgehead atoms. The SMILES string of the molecule is Cc1cc(S(=O)(=O)Cl)ccc1Nc1cc2c(C#Cc3cccnc3N(C(=O)OC(C)(C)C)C(=O)OC(C)(C)C)nccc2cn1. The van der Waals surface area contributed by atoms with Gasteiger partial charge in [0.05, 0.1) is 10.5 Å². The summed E-state index contributed by atoms with van der Waals surface area (Å²) in [5, 5.41) is 4.61. The first-order chi connectivity index (χ1) is 20.9. The molecule has 0 radical (unpaired) electrons. The van der Waals surface area contributed by atoms with Crippen LogP contribution in [0.1, 0.15) is 58.4 Å². The number of anilines is 3. The molecule has 0 atom stereocenters. The van der Waals surface area contributed by atoms with Gasteiger partial charge in [-0.2, -0.15) is 4.90 Å². The number of halogens is 1. The molecule has 234 valence electrons. The van der Waals surface area contributed by atoms with E-state index in [1.165, 1.54) is 18.3 Å². The number of aryl methyl sites for hydroxylation is 1. The minimum Gasteiger partial charge on any atom is -0.443 e. The molecule has 0 saturated heterocycles. The summed E-state index contributed by atoms with van der Waals surface area (Å²) in [5.41, 5.74) is 0.139. The van der Waals surface area contributed by atoms with E-state index in [0.717, 1.165) is 10.3 Å². The number of imide groups is 1. The van der Waals surface area contributed by atoms with Crippen LogP contribution in [-0.2, 0) is 18.5 Å². The highest BCUT2D eigenvalue weighted by atomic mass is 35.7. The number of carbonyl (C=O) groups excluding carboxylic acids is 2. The van der Waals surface area contributed by atoms with Crippen molar-refractivity contribution >= 4 is 60.0 Å². The van der Waals surface area contributed by atoms with Crippen molar-refractivity contribution in [3.05, 3.63) is 77.9 Å². The van der Waals surface area contributed by atoms with Crippen LogP contribution in [0.15, 0.2) is 66.0 Å². The molecule has 11 nitrogen and oxygen atoms in total. The largest absolute Gasteiger partial charge is 0.443 e. The lowest BCUT2D eigenvalue weighted by molar-refractivity contribution is 0.0429. The first-order valence-corrected chi connectivity index (χ1v) is 16.0. The first kappa shape index (κ1) is 33.2. The number of ether oxygens (including phenoxy) is 2. The molecule has 2 amide bonds. The summed E-state index contributed by atoms with van der Waals surface area (Å²) in [6.45, 7) is 11.8. The summed E-state index contributed by atoms with van der Waals surface area (Å²) in [6, 6.07) is 11.3. The van der Waals surface area contributed by atoms with E-state index in [9.17, 15) is 18.0 Å². The number of nitrogens with zero attached hydrogens (tertiary/aromatic N) is 4. The highest BCUT2D eigenvalue weighted by molar-refractivity contribution is 8.13. The fraction of sp³-hybridized carbons (Fsp3) is 0.281. The molecule has 1 aromatic carbocycles. The van der Waals surface area contributed by atoms with E-state index < -0.39 is 32.4 Å². The molecule has 0 aliphatic carbocycles. The summed E-state index contributed by atoms with van der Waals surface area (Å²) in [6.07, 6.45) is 2.75. The maximum absolute atomic E-state index is 13.2. The van der Waals surface area contributed by atoms with Crippen LogP contribution in [0.3, 0.4) is 0 Å². The Labute approximate surface area is 266 Å². The van der Waals surface area contributed by atoms with Gasteiger partial charge in [-0.25, -0.2) is 33.0 Å². The maximum Gasteiger partial charge on any atom is 0.425 e. The van der Waals surface area contributed by atoms with Crippen LogP contribution in [0.4, 0.5) is 26.9 Å². The Hall–Kier alpha value is -4.73. The number of hydrogen-bond donors (Lipinski definition) is 1. The number of amides is 2. The van der Waals surface area contributed by atoms with Gasteiger partial charge in [-0.1, -0.05) is 5.92 Å². The first-order valence-electron chi connectivity index (χ1n) is 13.7. The second-order valence-corrected chi connectivity index (χ2v) is 14.5. The third-order valence-electron chi connectivity index (χ3n) is 5.86. The standard InChI is InChI=1S/C32H32ClN5O6S/c1-20-17-23(45(33,41)42)11-13-25(20)37-27-18-24-22(19-36-27)14-16-34-26(24)12-10-21-9-8-15-35-28(21)38(29(39)43-31(2,3)4)30(40)44-32(5,6)7/h8-9,11,13-19H,1-7H3,(H,36,37). The van der Waals surface area contributed by atoms with Crippen LogP contribution in [-0.4, -0.2) is 46.8 Å². The Morgan fingerprint density at radius 2 is 1.56 bits per heavy atom. The zero-order valence-electron chi connectivity index (χ0n) is 25.8. The van der Waals surface area contributed by atoms with Crippen LogP contribution in [0.25, 0.3) is 10.8 Å². The molecule has 0 aliphatic heterocycles. The van der Waals surface area contributed by atoms with Gasteiger partial charge in [0.1, 0.15) is 22.7 Å². The highest BCUT2D eigenvalue weighted by Gasteiger charge is 2.34. The fourth-order valence-electron chi connectivity index (χ4n) is 3.96. The average Bonchev–Trinajstić information content (AvgIpc) is 2.91. The van der Waals surface area contributed by atoms with Crippen molar-refractivity contribution in [1.82, 2.24) is 15.0 Å². The molecule has 1 N–H and O–H groups in total. The summed E-state index contributed by atoms with van der Waals surface area (Å²) in [4.78, 5) is 40.3. The third-order valence-corrected chi connectivity index (χ3v) is 7.21. The highest BCUT2D eigenvalue weighted by Crippen LogP contribution is 2.27. The molecule has 0 unspecified atom stereocenters. The van der Waals surface area contributed by atoms with E-state index in [1.54, 1.807) is 91.2 Å². The van der Waals surface area contributed by atoms with Crippen LogP contribution in [0.5, 0.6) is 0 Å². The Kier molecular flexibility index (Phi) is 9.37. The van der Waals surface area contributed by atoms with Crippen LogP contribution in [0.2, 0.25) is 0 Å². The van der Waals surface area contributed by atoms with Gasteiger partial charge >= 0.3 is 12.2 Å². The molecule has 4 rings (SSSR count). The summed E-state index contributed by atoms with van der Waals surface area (Å²) >= 11 is 0. The molecule has 4 aromatic rings. The summed E-state index contributed by atoms with van der Waals surface area (Å²) in [7, 11) is 1.61. The lowest BCUT2D eigenvalue weighted by Gasteiger charge is -2.28. The Morgan fingerprint density at radius 1 is 0.889 bits per heavy atom. The Morgan fingerprint density at radius 3 is 2.16 bits per heavy atom. The number of aromatic nitrogens is 3. The van der Waals surface area contributed by atoms with Crippen molar-refractivity contribution in [2.24, 2.45) is 0 Å². The Bertz CT molecular complexity index is 1930. The number of rotatable bonds is 4. The topological polar surface area (TPSA) is 141 Å². The minimum atomic E-state index is -3.87. The van der Waals surface area contributed by atoms with Crippen molar-refractivity contribution in [3.8, 4) is 11.8 Å². The van der Waals surface area contributed by atoms with Gasteiger partial charge in [0.2, 0.25) is 0 Å². The maximum atomic E-state index is 13.2. The average molecular weight is 650 g/mol. The normalized spacial score (nSPS) is 11.7. The lowest BCUT2D eigenvalue weighted by atomic mass is 10.1. The van der Waals surface area contributed by atoms with Gasteiger partial charge in [0, 0.05) is 45.7 Å². The van der Waals surface area contributed by atoms with Gasteiger partial charge in [0.15, 0.2) is 5.82 Å². The number of benzene rings is 1. The molecule has 3 heterocycles. The van der Waals surface area contributed by atoms with Crippen LogP contribution in [0, 0.1) is 18.8 Å². The third kappa shape index (κ3) is 8.68.